The van der Waals surface area contributed by atoms with Crippen molar-refractivity contribution in [3.63, 3.8) is 0 Å². The molecule has 0 saturated carbocycles. The number of aliphatic hydroxyl groups is 1. The lowest BCUT2D eigenvalue weighted by Gasteiger charge is -2.35. The molecule has 1 N–H and O–H groups in total. The second-order valence-electron chi connectivity index (χ2n) is 5.43. The molecule has 1 aromatic carbocycles. The molecule has 1 fully saturated rings. The van der Waals surface area contributed by atoms with Crippen molar-refractivity contribution >= 4 is 15.9 Å². The van der Waals surface area contributed by atoms with Crippen LogP contribution >= 0.6 is 15.9 Å². The highest BCUT2D eigenvalue weighted by molar-refractivity contribution is 9.10. The van der Waals surface area contributed by atoms with Crippen LogP contribution in [-0.2, 0) is 6.54 Å². The molecule has 118 valence electrons. The third-order valence-electron chi connectivity index (χ3n) is 4.14. The Kier molecular flexibility index (Phi) is 6.33. The maximum Gasteiger partial charge on any atom is 0.136 e. The van der Waals surface area contributed by atoms with Crippen LogP contribution in [0.3, 0.4) is 0 Å². The van der Waals surface area contributed by atoms with Crippen LogP contribution in [0.5, 0.6) is 11.5 Å². The molecule has 0 radical (unpaired) electrons. The Labute approximate surface area is 135 Å². The molecule has 0 aliphatic carbocycles. The van der Waals surface area contributed by atoms with Gasteiger partial charge in [-0.1, -0.05) is 6.42 Å². The van der Waals surface area contributed by atoms with E-state index in [1.165, 1.54) is 19.3 Å². The first-order chi connectivity index (χ1) is 10.2. The third-order valence-corrected chi connectivity index (χ3v) is 4.76. The standard InChI is InChI=1S/C16H24BrNO3/c1-20-15-10-16(21-2)14(17)9-12(15)11-18-7-4-3-5-13(18)6-8-19/h9-10,13,19H,3-8,11H2,1-2H3. The lowest BCUT2D eigenvalue weighted by atomic mass is 9.98. The van der Waals surface area contributed by atoms with Crippen LogP contribution in [0.25, 0.3) is 0 Å². The van der Waals surface area contributed by atoms with Gasteiger partial charge in [0.05, 0.1) is 18.7 Å². The van der Waals surface area contributed by atoms with E-state index < -0.39 is 0 Å². The Balaban J connectivity index is 2.18. The summed E-state index contributed by atoms with van der Waals surface area (Å²) >= 11 is 3.54. The normalized spacial score (nSPS) is 19.5. The fourth-order valence-corrected chi connectivity index (χ4v) is 3.56. The minimum Gasteiger partial charge on any atom is -0.496 e. The molecule has 1 aliphatic heterocycles. The third kappa shape index (κ3) is 4.11. The van der Waals surface area contributed by atoms with Gasteiger partial charge in [0, 0.05) is 30.8 Å². The maximum absolute atomic E-state index is 9.24. The molecule has 1 aromatic rings. The van der Waals surface area contributed by atoms with Gasteiger partial charge in [0.2, 0.25) is 0 Å². The molecular formula is C16H24BrNO3. The van der Waals surface area contributed by atoms with E-state index in [0.717, 1.165) is 41.0 Å². The summed E-state index contributed by atoms with van der Waals surface area (Å²) in [5.74, 6) is 1.63. The first-order valence-electron chi connectivity index (χ1n) is 7.45. The first kappa shape index (κ1) is 16.6. The topological polar surface area (TPSA) is 41.9 Å². The van der Waals surface area contributed by atoms with E-state index >= 15 is 0 Å². The van der Waals surface area contributed by atoms with Crippen LogP contribution in [0.15, 0.2) is 16.6 Å². The van der Waals surface area contributed by atoms with Crippen molar-refractivity contribution in [2.45, 2.75) is 38.3 Å². The van der Waals surface area contributed by atoms with E-state index in [1.807, 2.05) is 6.07 Å². The molecule has 0 aromatic heterocycles. The monoisotopic (exact) mass is 357 g/mol. The number of methoxy groups -OCH3 is 2. The van der Waals surface area contributed by atoms with Gasteiger partial charge in [0.1, 0.15) is 11.5 Å². The lowest BCUT2D eigenvalue weighted by Crippen LogP contribution is -2.39. The van der Waals surface area contributed by atoms with Crippen LogP contribution in [0, 0.1) is 0 Å². The summed E-state index contributed by atoms with van der Waals surface area (Å²) in [6.07, 6.45) is 4.49. The Morgan fingerprint density at radius 2 is 2.00 bits per heavy atom. The highest BCUT2D eigenvalue weighted by atomic mass is 79.9. The van der Waals surface area contributed by atoms with Crippen molar-refractivity contribution < 1.29 is 14.6 Å². The molecule has 21 heavy (non-hydrogen) atoms. The first-order valence-corrected chi connectivity index (χ1v) is 8.24. The summed E-state index contributed by atoms with van der Waals surface area (Å²) in [6, 6.07) is 4.46. The smallest absolute Gasteiger partial charge is 0.136 e. The minimum absolute atomic E-state index is 0.255. The zero-order valence-electron chi connectivity index (χ0n) is 12.8. The van der Waals surface area contributed by atoms with Crippen LogP contribution in [0.4, 0.5) is 0 Å². The number of ether oxygens (including phenoxy) is 2. The molecule has 0 spiro atoms. The van der Waals surface area contributed by atoms with Crippen molar-refractivity contribution in [3.05, 3.63) is 22.2 Å². The minimum atomic E-state index is 0.255. The van der Waals surface area contributed by atoms with Gasteiger partial charge in [-0.05, 0) is 47.8 Å². The number of aliphatic hydroxyl groups excluding tert-OH is 1. The zero-order valence-corrected chi connectivity index (χ0v) is 14.4. The van der Waals surface area contributed by atoms with Crippen molar-refractivity contribution in [2.24, 2.45) is 0 Å². The molecule has 1 atom stereocenters. The summed E-state index contributed by atoms with van der Waals surface area (Å²) < 4.78 is 11.8. The van der Waals surface area contributed by atoms with Gasteiger partial charge < -0.3 is 14.6 Å². The number of halogens is 1. The van der Waals surface area contributed by atoms with E-state index in [1.54, 1.807) is 14.2 Å². The molecule has 1 saturated heterocycles. The number of hydrogen-bond donors (Lipinski definition) is 1. The van der Waals surface area contributed by atoms with Gasteiger partial charge in [-0.15, -0.1) is 0 Å². The number of rotatable bonds is 6. The van der Waals surface area contributed by atoms with Gasteiger partial charge in [-0.3, -0.25) is 4.90 Å². The average molecular weight is 358 g/mol. The molecule has 5 heteroatoms. The fraction of sp³-hybridized carbons (Fsp3) is 0.625. The van der Waals surface area contributed by atoms with Gasteiger partial charge in [0.25, 0.3) is 0 Å². The largest absolute Gasteiger partial charge is 0.496 e. The number of nitrogens with zero attached hydrogens (tertiary/aromatic N) is 1. The number of likely N-dealkylation sites (tertiary alicyclic amines) is 1. The summed E-state index contributed by atoms with van der Waals surface area (Å²) in [6.45, 7) is 2.18. The summed E-state index contributed by atoms with van der Waals surface area (Å²) in [4.78, 5) is 2.45. The molecule has 1 heterocycles. The van der Waals surface area contributed by atoms with Crippen molar-refractivity contribution in [1.82, 2.24) is 4.90 Å². The predicted molar refractivity (Wildman–Crippen MR) is 87.0 cm³/mol. The van der Waals surface area contributed by atoms with Gasteiger partial charge in [0.15, 0.2) is 0 Å². The molecule has 1 aliphatic rings. The summed E-state index contributed by atoms with van der Waals surface area (Å²) in [5.41, 5.74) is 1.15. The van der Waals surface area contributed by atoms with E-state index in [0.29, 0.717) is 6.04 Å². The molecule has 4 nitrogen and oxygen atoms in total. The molecular weight excluding hydrogens is 334 g/mol. The second kappa shape index (κ2) is 8.01. The van der Waals surface area contributed by atoms with Crippen molar-refractivity contribution in [1.29, 1.82) is 0 Å². The van der Waals surface area contributed by atoms with Crippen LogP contribution in [0.1, 0.15) is 31.2 Å². The fourth-order valence-electron chi connectivity index (χ4n) is 3.01. The van der Waals surface area contributed by atoms with Crippen LogP contribution < -0.4 is 9.47 Å². The maximum atomic E-state index is 9.24. The van der Waals surface area contributed by atoms with E-state index in [9.17, 15) is 5.11 Å². The molecule has 1 unspecified atom stereocenters. The number of piperidine rings is 1. The van der Waals surface area contributed by atoms with Crippen molar-refractivity contribution in [2.75, 3.05) is 27.4 Å². The predicted octanol–water partition coefficient (Wildman–Crippen LogP) is 3.20. The molecule has 2 rings (SSSR count). The zero-order chi connectivity index (χ0) is 15.2. The summed E-state index contributed by atoms with van der Waals surface area (Å²) in [7, 11) is 3.34. The van der Waals surface area contributed by atoms with Crippen molar-refractivity contribution in [3.8, 4) is 11.5 Å². The molecule has 0 bridgehead atoms. The van der Waals surface area contributed by atoms with Gasteiger partial charge in [-0.2, -0.15) is 0 Å². The highest BCUT2D eigenvalue weighted by Gasteiger charge is 2.23. The number of benzene rings is 1. The second-order valence-corrected chi connectivity index (χ2v) is 6.29. The Morgan fingerprint density at radius 1 is 1.24 bits per heavy atom. The highest BCUT2D eigenvalue weighted by Crippen LogP contribution is 2.34. The van der Waals surface area contributed by atoms with Gasteiger partial charge in [-0.25, -0.2) is 0 Å². The Bertz CT molecular complexity index is 465. The van der Waals surface area contributed by atoms with Gasteiger partial charge >= 0.3 is 0 Å². The van der Waals surface area contributed by atoms with E-state index in [4.69, 9.17) is 9.47 Å². The lowest BCUT2D eigenvalue weighted by molar-refractivity contribution is 0.111. The van der Waals surface area contributed by atoms with E-state index in [2.05, 4.69) is 26.9 Å². The average Bonchev–Trinajstić information content (AvgIpc) is 2.50. The SMILES string of the molecule is COc1cc(OC)c(CN2CCCCC2CCO)cc1Br. The van der Waals surface area contributed by atoms with Crippen LogP contribution in [-0.4, -0.2) is 43.4 Å². The molecule has 0 amide bonds. The Hall–Kier alpha value is -0.780. The van der Waals surface area contributed by atoms with E-state index in [-0.39, 0.29) is 6.61 Å². The Morgan fingerprint density at radius 3 is 2.67 bits per heavy atom. The quantitative estimate of drug-likeness (QED) is 0.848. The van der Waals surface area contributed by atoms with Crippen LogP contribution in [0.2, 0.25) is 0 Å². The number of hydrogen-bond acceptors (Lipinski definition) is 4. The summed E-state index contributed by atoms with van der Waals surface area (Å²) in [5, 5.41) is 9.24.